The van der Waals surface area contributed by atoms with Gasteiger partial charge < -0.3 is 19.7 Å². The Morgan fingerprint density at radius 2 is 0.774 bits per heavy atom. The van der Waals surface area contributed by atoms with E-state index < -0.39 is 11.9 Å². The number of phenolic OH excluding ortho intramolecular Hbond substituents is 2. The Hall–Kier alpha value is -2.67. The number of carbonyl (C=O) groups excluding carboxylic acids is 2. The van der Waals surface area contributed by atoms with Gasteiger partial charge in [0.25, 0.3) is 0 Å². The van der Waals surface area contributed by atoms with Crippen molar-refractivity contribution in [2.24, 2.45) is 0 Å². The average Bonchev–Trinajstić information content (AvgIpc) is 3.14. The highest BCUT2D eigenvalue weighted by atomic mass is 32.2. The second-order valence-electron chi connectivity index (χ2n) is 15.3. The molecule has 7 heteroatoms. The molecule has 2 aromatic carbocycles. The Morgan fingerprint density at radius 1 is 0.491 bits per heavy atom. The van der Waals surface area contributed by atoms with E-state index in [0.717, 1.165) is 50.3 Å². The first-order valence-electron chi connectivity index (χ1n) is 21.5. The van der Waals surface area contributed by atoms with Crippen molar-refractivity contribution in [3.8, 4) is 11.5 Å². The van der Waals surface area contributed by atoms with Gasteiger partial charge in [0.2, 0.25) is 0 Å². The molecule has 0 heterocycles. The van der Waals surface area contributed by atoms with E-state index in [9.17, 15) is 19.8 Å². The summed E-state index contributed by atoms with van der Waals surface area (Å²) in [6.45, 7) is 8.37. The first-order valence-corrected chi connectivity index (χ1v) is 22.3. The third-order valence-corrected chi connectivity index (χ3v) is 11.2. The number of hydrogen-bond donors (Lipinski definition) is 2. The Morgan fingerprint density at radius 3 is 1.08 bits per heavy atom. The van der Waals surface area contributed by atoms with Crippen molar-refractivity contribution in [2.45, 2.75) is 217 Å². The molecule has 2 aromatic rings. The van der Waals surface area contributed by atoms with Crippen LogP contribution in [0, 0.1) is 0 Å². The lowest BCUT2D eigenvalue weighted by Gasteiger charge is -2.15. The summed E-state index contributed by atoms with van der Waals surface area (Å²) < 4.78 is 11.5. The van der Waals surface area contributed by atoms with Crippen LogP contribution in [0.1, 0.15) is 215 Å². The molecular formula is C46H74O6S. The molecule has 0 saturated carbocycles. The van der Waals surface area contributed by atoms with Gasteiger partial charge in [-0.1, -0.05) is 167 Å². The summed E-state index contributed by atoms with van der Waals surface area (Å²) in [5.74, 6) is -0.942. The Bertz CT molecular complexity index is 1170. The highest BCUT2D eigenvalue weighted by Crippen LogP contribution is 2.40. The zero-order valence-corrected chi connectivity index (χ0v) is 34.8. The maximum absolute atomic E-state index is 13.0. The predicted octanol–water partition coefficient (Wildman–Crippen LogP) is 14.5. The number of phenols is 2. The molecule has 6 nitrogen and oxygen atoms in total. The van der Waals surface area contributed by atoms with Gasteiger partial charge in [0, 0.05) is 0 Å². The number of ether oxygens (including phenoxy) is 2. The molecule has 0 spiro atoms. The fourth-order valence-electron chi connectivity index (χ4n) is 6.73. The molecule has 0 aliphatic rings. The van der Waals surface area contributed by atoms with E-state index in [1.807, 2.05) is 13.8 Å². The predicted molar refractivity (Wildman–Crippen MR) is 221 cm³/mol. The van der Waals surface area contributed by atoms with Gasteiger partial charge in [-0.3, -0.25) is 0 Å². The highest BCUT2D eigenvalue weighted by molar-refractivity contribution is 7.99. The molecule has 2 N–H and O–H groups in total. The summed E-state index contributed by atoms with van der Waals surface area (Å²) in [6, 6.07) is 9.15. The lowest BCUT2D eigenvalue weighted by Crippen LogP contribution is -2.15. The Labute approximate surface area is 327 Å². The lowest BCUT2D eigenvalue weighted by molar-refractivity contribution is 0.0309. The molecule has 0 radical (unpaired) electrons. The van der Waals surface area contributed by atoms with Gasteiger partial charge in [-0.05, 0) is 75.9 Å². The van der Waals surface area contributed by atoms with Crippen LogP contribution >= 0.6 is 11.8 Å². The van der Waals surface area contributed by atoms with Crippen LogP contribution in [0.4, 0.5) is 0 Å². The first kappa shape index (κ1) is 46.5. The van der Waals surface area contributed by atoms with Crippen LogP contribution in [0.3, 0.4) is 0 Å². The monoisotopic (exact) mass is 755 g/mol. The zero-order chi connectivity index (χ0) is 38.5. The summed E-state index contributed by atoms with van der Waals surface area (Å²) in [7, 11) is 0. The number of hydrogen-bond acceptors (Lipinski definition) is 7. The van der Waals surface area contributed by atoms with Gasteiger partial charge in [-0.25, -0.2) is 9.59 Å². The molecule has 0 saturated heterocycles. The molecule has 2 unspecified atom stereocenters. The number of carbonyl (C=O) groups is 2. The van der Waals surface area contributed by atoms with E-state index in [0.29, 0.717) is 20.9 Å². The zero-order valence-electron chi connectivity index (χ0n) is 33.9. The van der Waals surface area contributed by atoms with Crippen LogP contribution in [0.15, 0.2) is 46.2 Å². The van der Waals surface area contributed by atoms with Crippen LogP contribution in [-0.4, -0.2) is 34.4 Å². The number of esters is 2. The van der Waals surface area contributed by atoms with Crippen molar-refractivity contribution < 1.29 is 29.3 Å². The first-order chi connectivity index (χ1) is 25.7. The van der Waals surface area contributed by atoms with Crippen molar-refractivity contribution in [1.29, 1.82) is 0 Å². The molecule has 0 bridgehead atoms. The maximum atomic E-state index is 13.0. The van der Waals surface area contributed by atoms with Crippen LogP contribution in [0.2, 0.25) is 0 Å². The molecule has 0 amide bonds. The van der Waals surface area contributed by atoms with Gasteiger partial charge >= 0.3 is 11.9 Å². The number of benzene rings is 2. The minimum absolute atomic E-state index is 0.0282. The number of aromatic hydroxyl groups is 2. The minimum Gasteiger partial charge on any atom is -0.507 e. The van der Waals surface area contributed by atoms with Crippen molar-refractivity contribution in [2.75, 3.05) is 0 Å². The molecule has 2 rings (SSSR count). The molecule has 0 fully saturated rings. The standard InChI is InChI=1S/C46H74O6S/c1-5-7-9-11-13-15-17-19-21-23-25-27-29-37(3)51-45(49)39-31-33-41(47)43(35-39)53-44-36-40(32-34-42(44)48)46(50)52-38(4)30-28-26-24-22-20-18-16-14-12-10-8-6-2/h31-38,47-48H,5-30H2,1-4H3. The SMILES string of the molecule is CCCCCCCCCCCCCCC(C)OC(=O)c1ccc(O)c(Sc2cc(C(=O)OC(C)CCCCCCCCCCCCCC)ccc2O)c1. The van der Waals surface area contributed by atoms with Gasteiger partial charge in [-0.2, -0.15) is 0 Å². The van der Waals surface area contributed by atoms with E-state index >= 15 is 0 Å². The van der Waals surface area contributed by atoms with Crippen molar-refractivity contribution >= 4 is 23.7 Å². The van der Waals surface area contributed by atoms with Crippen LogP contribution in [-0.2, 0) is 9.47 Å². The number of rotatable bonds is 32. The normalized spacial score (nSPS) is 12.5. The van der Waals surface area contributed by atoms with Crippen LogP contribution < -0.4 is 0 Å². The average molecular weight is 755 g/mol. The summed E-state index contributed by atoms with van der Waals surface area (Å²) in [4.78, 5) is 26.7. The topological polar surface area (TPSA) is 93.1 Å². The van der Waals surface area contributed by atoms with Gasteiger partial charge in [0.05, 0.1) is 33.1 Å². The van der Waals surface area contributed by atoms with E-state index in [2.05, 4.69) is 13.8 Å². The lowest BCUT2D eigenvalue weighted by atomic mass is 10.0. The Kier molecular flexibility index (Phi) is 26.0. The summed E-state index contributed by atoms with van der Waals surface area (Å²) in [5, 5.41) is 21.2. The van der Waals surface area contributed by atoms with E-state index in [1.165, 1.54) is 141 Å². The van der Waals surface area contributed by atoms with Crippen molar-refractivity contribution in [3.05, 3.63) is 47.5 Å². The van der Waals surface area contributed by atoms with Crippen LogP contribution in [0.25, 0.3) is 0 Å². The quantitative estimate of drug-likeness (QED) is 0.0567. The van der Waals surface area contributed by atoms with Crippen LogP contribution in [0.5, 0.6) is 11.5 Å². The fraction of sp³-hybridized carbons (Fsp3) is 0.696. The molecule has 0 aliphatic carbocycles. The molecule has 53 heavy (non-hydrogen) atoms. The summed E-state index contributed by atoms with van der Waals surface area (Å²) in [5.41, 5.74) is 0.655. The molecular weight excluding hydrogens is 681 g/mol. The van der Waals surface area contributed by atoms with E-state index in [-0.39, 0.29) is 23.7 Å². The third kappa shape index (κ3) is 21.7. The molecule has 2 atom stereocenters. The second kappa shape index (κ2) is 29.7. The molecule has 0 aromatic heterocycles. The van der Waals surface area contributed by atoms with Gasteiger partial charge in [0.1, 0.15) is 11.5 Å². The smallest absolute Gasteiger partial charge is 0.338 e. The largest absolute Gasteiger partial charge is 0.507 e. The maximum Gasteiger partial charge on any atom is 0.338 e. The van der Waals surface area contributed by atoms with Crippen molar-refractivity contribution in [1.82, 2.24) is 0 Å². The van der Waals surface area contributed by atoms with E-state index in [4.69, 9.17) is 9.47 Å². The van der Waals surface area contributed by atoms with Crippen molar-refractivity contribution in [3.63, 3.8) is 0 Å². The Balaban J connectivity index is 1.72. The fourth-order valence-corrected chi connectivity index (χ4v) is 7.68. The summed E-state index contributed by atoms with van der Waals surface area (Å²) >= 11 is 1.09. The minimum atomic E-state index is -0.443. The van der Waals surface area contributed by atoms with Gasteiger partial charge in [-0.15, -0.1) is 0 Å². The third-order valence-electron chi connectivity index (χ3n) is 10.2. The molecule has 300 valence electrons. The summed E-state index contributed by atoms with van der Waals surface area (Å²) in [6.07, 6.45) is 32.2. The highest BCUT2D eigenvalue weighted by Gasteiger charge is 2.18. The second-order valence-corrected chi connectivity index (χ2v) is 16.3. The van der Waals surface area contributed by atoms with Gasteiger partial charge in [0.15, 0.2) is 0 Å². The number of unbranched alkanes of at least 4 members (excludes halogenated alkanes) is 22. The van der Waals surface area contributed by atoms with E-state index in [1.54, 1.807) is 24.3 Å². The molecule has 0 aliphatic heterocycles.